The molecule has 0 saturated carbocycles. The number of carboxylic acids is 2. The topological polar surface area (TPSA) is 100 Å². The molecule has 0 fully saturated rings. The molecular weight excluding hydrogens is 314 g/mol. The maximum atomic E-state index is 9.10. The first-order valence-corrected chi connectivity index (χ1v) is 7.26. The Morgan fingerprint density at radius 2 is 1.71 bits per heavy atom. The molecule has 0 aliphatic rings. The smallest absolute Gasteiger partial charge is 0.414 e. The number of rotatable bonds is 6. The molecule has 1 atom stereocenters. The molecule has 0 aliphatic carbocycles. The van der Waals surface area contributed by atoms with E-state index in [0.29, 0.717) is 0 Å². The SMILES string of the molecule is CN(C)CCC(Oc1ccccc1)c1ccco1.O=C(O)C(=O)O. The normalized spacial score (nSPS) is 11.3. The molecule has 0 amide bonds. The predicted molar refractivity (Wildman–Crippen MR) is 87.0 cm³/mol. The second kappa shape index (κ2) is 10.1. The van der Waals surface area contributed by atoms with Crippen molar-refractivity contribution in [2.45, 2.75) is 12.5 Å². The van der Waals surface area contributed by atoms with Crippen LogP contribution >= 0.6 is 0 Å². The van der Waals surface area contributed by atoms with Gasteiger partial charge in [0.25, 0.3) is 0 Å². The lowest BCUT2D eigenvalue weighted by Crippen LogP contribution is -2.18. The first-order valence-electron chi connectivity index (χ1n) is 7.26. The first kappa shape index (κ1) is 19.2. The largest absolute Gasteiger partial charge is 0.482 e. The molecular formula is C17H21NO6. The molecule has 0 aliphatic heterocycles. The lowest BCUT2D eigenvalue weighted by atomic mass is 10.2. The predicted octanol–water partition coefficient (Wildman–Crippen LogP) is 2.51. The summed E-state index contributed by atoms with van der Waals surface area (Å²) in [4.78, 5) is 20.3. The zero-order valence-corrected chi connectivity index (χ0v) is 13.6. The van der Waals surface area contributed by atoms with Gasteiger partial charge in [0.05, 0.1) is 6.26 Å². The Morgan fingerprint density at radius 3 is 2.17 bits per heavy atom. The molecule has 0 bridgehead atoms. The number of carboxylic acid groups (broad SMARTS) is 2. The van der Waals surface area contributed by atoms with Gasteiger partial charge in [0, 0.05) is 13.0 Å². The molecule has 2 N–H and O–H groups in total. The minimum Gasteiger partial charge on any atom is -0.482 e. The molecule has 1 aromatic heterocycles. The van der Waals surface area contributed by atoms with Crippen LogP contribution in [0, 0.1) is 0 Å². The molecule has 1 aromatic carbocycles. The van der Waals surface area contributed by atoms with Crippen molar-refractivity contribution < 1.29 is 29.0 Å². The Morgan fingerprint density at radius 1 is 1.08 bits per heavy atom. The highest BCUT2D eigenvalue weighted by Gasteiger charge is 2.16. The van der Waals surface area contributed by atoms with Crippen LogP contribution in [0.3, 0.4) is 0 Å². The third kappa shape index (κ3) is 7.46. The van der Waals surface area contributed by atoms with Crippen LogP contribution in [0.4, 0.5) is 0 Å². The fraction of sp³-hybridized carbons (Fsp3) is 0.294. The Bertz CT molecular complexity index is 597. The van der Waals surface area contributed by atoms with Gasteiger partial charge in [-0.1, -0.05) is 18.2 Å². The van der Waals surface area contributed by atoms with Gasteiger partial charge in [-0.3, -0.25) is 0 Å². The summed E-state index contributed by atoms with van der Waals surface area (Å²) < 4.78 is 11.4. The summed E-state index contributed by atoms with van der Waals surface area (Å²) in [5.41, 5.74) is 0. The van der Waals surface area contributed by atoms with Crippen molar-refractivity contribution in [1.29, 1.82) is 0 Å². The molecule has 130 valence electrons. The quantitative estimate of drug-likeness (QED) is 0.782. The minimum absolute atomic E-state index is 0.0372. The molecule has 7 nitrogen and oxygen atoms in total. The van der Waals surface area contributed by atoms with Crippen molar-refractivity contribution >= 4 is 11.9 Å². The molecule has 2 aromatic rings. The zero-order chi connectivity index (χ0) is 17.9. The monoisotopic (exact) mass is 335 g/mol. The van der Waals surface area contributed by atoms with Crippen molar-refractivity contribution in [3.63, 3.8) is 0 Å². The van der Waals surface area contributed by atoms with E-state index in [0.717, 1.165) is 24.5 Å². The van der Waals surface area contributed by atoms with Gasteiger partial charge in [-0.15, -0.1) is 0 Å². The van der Waals surface area contributed by atoms with Crippen molar-refractivity contribution in [1.82, 2.24) is 4.90 Å². The molecule has 1 heterocycles. The summed E-state index contributed by atoms with van der Waals surface area (Å²) in [6, 6.07) is 13.7. The van der Waals surface area contributed by atoms with Crippen LogP contribution < -0.4 is 4.74 Å². The highest BCUT2D eigenvalue weighted by atomic mass is 16.5. The number of benzene rings is 1. The van der Waals surface area contributed by atoms with E-state index in [2.05, 4.69) is 19.0 Å². The van der Waals surface area contributed by atoms with E-state index in [9.17, 15) is 0 Å². The number of hydrogen-bond donors (Lipinski definition) is 2. The lowest BCUT2D eigenvalue weighted by molar-refractivity contribution is -0.159. The van der Waals surface area contributed by atoms with E-state index in [1.807, 2.05) is 42.5 Å². The highest BCUT2D eigenvalue weighted by Crippen LogP contribution is 2.25. The van der Waals surface area contributed by atoms with Gasteiger partial charge in [-0.25, -0.2) is 9.59 Å². The first-order chi connectivity index (χ1) is 11.4. The van der Waals surface area contributed by atoms with Crippen LogP contribution in [-0.4, -0.2) is 47.7 Å². The van der Waals surface area contributed by atoms with Gasteiger partial charge >= 0.3 is 11.9 Å². The van der Waals surface area contributed by atoms with Gasteiger partial charge in [-0.05, 0) is 38.4 Å². The van der Waals surface area contributed by atoms with E-state index in [1.54, 1.807) is 6.26 Å². The standard InChI is InChI=1S/C15H19NO2.C2H2O4/c1-16(2)11-10-15(14-9-6-12-17-14)18-13-7-4-3-5-8-13;3-1(4)2(5)6/h3-9,12,15H,10-11H2,1-2H3;(H,3,4)(H,5,6). The van der Waals surface area contributed by atoms with Crippen LogP contribution in [0.2, 0.25) is 0 Å². The Labute approximate surface area is 140 Å². The van der Waals surface area contributed by atoms with Crippen molar-refractivity contribution in [2.24, 2.45) is 0 Å². The maximum Gasteiger partial charge on any atom is 0.414 e. The molecule has 0 spiro atoms. The number of ether oxygens (including phenoxy) is 1. The fourth-order valence-electron chi connectivity index (χ4n) is 1.77. The van der Waals surface area contributed by atoms with E-state index in [-0.39, 0.29) is 6.10 Å². The van der Waals surface area contributed by atoms with Crippen molar-refractivity contribution in [3.8, 4) is 5.75 Å². The highest BCUT2D eigenvalue weighted by molar-refractivity contribution is 6.27. The summed E-state index contributed by atoms with van der Waals surface area (Å²) in [7, 11) is 4.11. The van der Waals surface area contributed by atoms with Crippen molar-refractivity contribution in [2.75, 3.05) is 20.6 Å². The summed E-state index contributed by atoms with van der Waals surface area (Å²) in [5, 5.41) is 14.8. The fourth-order valence-corrected chi connectivity index (χ4v) is 1.77. The third-order valence-corrected chi connectivity index (χ3v) is 2.90. The molecule has 1 unspecified atom stereocenters. The third-order valence-electron chi connectivity index (χ3n) is 2.90. The molecule has 24 heavy (non-hydrogen) atoms. The summed E-state index contributed by atoms with van der Waals surface area (Å²) in [5.74, 6) is -1.90. The molecule has 7 heteroatoms. The van der Waals surface area contributed by atoms with Crippen LogP contribution in [0.25, 0.3) is 0 Å². The van der Waals surface area contributed by atoms with Crippen molar-refractivity contribution in [3.05, 3.63) is 54.5 Å². The number of para-hydroxylation sites is 1. The van der Waals surface area contributed by atoms with E-state index in [4.69, 9.17) is 29.0 Å². The average molecular weight is 335 g/mol. The Kier molecular flexibility index (Phi) is 8.07. The molecule has 0 radical (unpaired) electrons. The zero-order valence-electron chi connectivity index (χ0n) is 13.6. The van der Waals surface area contributed by atoms with Gasteiger partial charge in [0.2, 0.25) is 0 Å². The summed E-state index contributed by atoms with van der Waals surface area (Å²) in [6.45, 7) is 0.957. The average Bonchev–Trinajstić information content (AvgIpc) is 3.07. The maximum absolute atomic E-state index is 9.10. The number of carbonyl (C=O) groups is 2. The van der Waals surface area contributed by atoms with Crippen LogP contribution in [0.15, 0.2) is 53.1 Å². The second-order valence-electron chi connectivity index (χ2n) is 5.14. The lowest BCUT2D eigenvalue weighted by Gasteiger charge is -2.19. The molecule has 0 saturated heterocycles. The number of aliphatic carboxylic acids is 2. The minimum atomic E-state index is -1.82. The van der Waals surface area contributed by atoms with E-state index >= 15 is 0 Å². The van der Waals surface area contributed by atoms with Crippen LogP contribution in [0.5, 0.6) is 5.75 Å². The van der Waals surface area contributed by atoms with Gasteiger partial charge < -0.3 is 24.3 Å². The number of nitrogens with zero attached hydrogens (tertiary/aromatic N) is 1. The van der Waals surface area contributed by atoms with E-state index in [1.165, 1.54) is 0 Å². The number of hydrogen-bond acceptors (Lipinski definition) is 5. The van der Waals surface area contributed by atoms with Gasteiger partial charge in [-0.2, -0.15) is 0 Å². The summed E-state index contributed by atoms with van der Waals surface area (Å²) >= 11 is 0. The number of furan rings is 1. The molecule has 2 rings (SSSR count). The van der Waals surface area contributed by atoms with E-state index < -0.39 is 11.9 Å². The Balaban J connectivity index is 0.000000413. The van der Waals surface area contributed by atoms with Crippen LogP contribution in [-0.2, 0) is 9.59 Å². The van der Waals surface area contributed by atoms with Gasteiger partial charge in [0.1, 0.15) is 11.5 Å². The summed E-state index contributed by atoms with van der Waals surface area (Å²) in [6.07, 6.45) is 2.55. The van der Waals surface area contributed by atoms with Gasteiger partial charge in [0.15, 0.2) is 6.10 Å². The van der Waals surface area contributed by atoms with Crippen LogP contribution in [0.1, 0.15) is 18.3 Å². The second-order valence-corrected chi connectivity index (χ2v) is 5.14. The Hall–Kier alpha value is -2.80.